The fourth-order valence-electron chi connectivity index (χ4n) is 1.62. The van der Waals surface area contributed by atoms with Crippen LogP contribution in [-0.4, -0.2) is 37.2 Å². The Morgan fingerprint density at radius 2 is 2.05 bits per heavy atom. The molecule has 3 N–H and O–H groups in total. The first-order valence-electron chi connectivity index (χ1n) is 5.85. The average molecular weight is 366 g/mol. The van der Waals surface area contributed by atoms with Crippen molar-refractivity contribution in [1.82, 2.24) is 4.72 Å². The number of nitrogens with one attached hydrogen (secondary N) is 1. The number of aliphatic hydroxyl groups excluding tert-OH is 1. The van der Waals surface area contributed by atoms with Crippen LogP contribution in [0, 0.1) is 6.92 Å². The topological polar surface area (TPSA) is 104 Å². The number of carboxylic acid groups (broad SMARTS) is 1. The van der Waals surface area contributed by atoms with E-state index in [1.807, 2.05) is 0 Å². The summed E-state index contributed by atoms with van der Waals surface area (Å²) in [5.41, 5.74) is 0.384. The summed E-state index contributed by atoms with van der Waals surface area (Å²) in [5, 5.41) is 17.9. The van der Waals surface area contributed by atoms with Gasteiger partial charge in [-0.2, -0.15) is 0 Å². The van der Waals surface area contributed by atoms with Gasteiger partial charge >= 0.3 is 5.97 Å². The molecule has 1 atom stereocenters. The van der Waals surface area contributed by atoms with E-state index in [1.165, 1.54) is 6.07 Å². The van der Waals surface area contributed by atoms with Gasteiger partial charge in [-0.05, 0) is 38.0 Å². The van der Waals surface area contributed by atoms with Crippen LogP contribution in [0.2, 0.25) is 0 Å². The number of hydrogen-bond donors (Lipinski definition) is 3. The first-order chi connectivity index (χ1) is 9.19. The summed E-state index contributed by atoms with van der Waals surface area (Å²) in [6.45, 7) is 3.07. The Kier molecular flexibility index (Phi) is 5.69. The second-order valence-corrected chi connectivity index (χ2v) is 6.99. The smallest absolute Gasteiger partial charge is 0.336 e. The Labute approximate surface area is 126 Å². The summed E-state index contributed by atoms with van der Waals surface area (Å²) in [6.07, 6.45) is 0.276. The molecule has 1 rings (SSSR count). The van der Waals surface area contributed by atoms with Crippen LogP contribution < -0.4 is 4.72 Å². The third-order valence-electron chi connectivity index (χ3n) is 2.78. The van der Waals surface area contributed by atoms with E-state index in [1.54, 1.807) is 13.8 Å². The number of sulfonamides is 1. The molecule has 0 aliphatic heterocycles. The highest BCUT2D eigenvalue weighted by Gasteiger charge is 2.21. The van der Waals surface area contributed by atoms with Crippen molar-refractivity contribution in [3.05, 3.63) is 27.7 Å². The summed E-state index contributed by atoms with van der Waals surface area (Å²) in [4.78, 5) is 11.0. The number of rotatable bonds is 6. The predicted octanol–water partition coefficient (Wildman–Crippen LogP) is 1.50. The third-order valence-corrected chi connectivity index (χ3v) is 5.17. The highest BCUT2D eigenvalue weighted by molar-refractivity contribution is 9.10. The molecule has 1 aromatic rings. The number of carbonyl (C=O) groups is 1. The van der Waals surface area contributed by atoms with Crippen molar-refractivity contribution >= 4 is 31.9 Å². The van der Waals surface area contributed by atoms with Gasteiger partial charge in [0.05, 0.1) is 10.5 Å². The van der Waals surface area contributed by atoms with E-state index in [0.29, 0.717) is 10.0 Å². The van der Waals surface area contributed by atoms with Crippen LogP contribution in [0.15, 0.2) is 21.5 Å². The molecule has 112 valence electrons. The zero-order valence-corrected chi connectivity index (χ0v) is 13.5. The van der Waals surface area contributed by atoms with Crippen molar-refractivity contribution in [2.45, 2.75) is 31.2 Å². The number of hydrogen-bond acceptors (Lipinski definition) is 4. The number of aromatic carboxylic acids is 1. The zero-order valence-electron chi connectivity index (χ0n) is 11.1. The molecule has 0 aliphatic rings. The Hall–Kier alpha value is -0.960. The van der Waals surface area contributed by atoms with Crippen molar-refractivity contribution < 1.29 is 23.4 Å². The van der Waals surface area contributed by atoms with Crippen LogP contribution in [-0.2, 0) is 10.0 Å². The second kappa shape index (κ2) is 6.66. The van der Waals surface area contributed by atoms with Crippen molar-refractivity contribution in [1.29, 1.82) is 0 Å². The minimum atomic E-state index is -3.83. The van der Waals surface area contributed by atoms with Gasteiger partial charge < -0.3 is 10.2 Å². The van der Waals surface area contributed by atoms with Crippen molar-refractivity contribution in [3.8, 4) is 0 Å². The van der Waals surface area contributed by atoms with Gasteiger partial charge in [0.25, 0.3) is 0 Å². The van der Waals surface area contributed by atoms with Gasteiger partial charge in [-0.1, -0.05) is 15.9 Å². The molecule has 1 unspecified atom stereocenters. The molecular formula is C12H16BrNO5S. The minimum absolute atomic E-state index is 0.0745. The molecule has 0 heterocycles. The van der Waals surface area contributed by atoms with E-state index < -0.39 is 22.0 Å². The summed E-state index contributed by atoms with van der Waals surface area (Å²) < 4.78 is 27.1. The minimum Gasteiger partial charge on any atom is -0.478 e. The summed E-state index contributed by atoms with van der Waals surface area (Å²) in [7, 11) is -3.83. The maximum Gasteiger partial charge on any atom is 0.336 e. The third kappa shape index (κ3) is 4.02. The van der Waals surface area contributed by atoms with E-state index >= 15 is 0 Å². The lowest BCUT2D eigenvalue weighted by molar-refractivity contribution is 0.0695. The van der Waals surface area contributed by atoms with Gasteiger partial charge in [0.1, 0.15) is 0 Å². The highest BCUT2D eigenvalue weighted by atomic mass is 79.9. The summed E-state index contributed by atoms with van der Waals surface area (Å²) in [5.74, 6) is -1.19. The van der Waals surface area contributed by atoms with Gasteiger partial charge in [-0.3, -0.25) is 0 Å². The lowest BCUT2D eigenvalue weighted by Crippen LogP contribution is -2.33. The number of benzene rings is 1. The van der Waals surface area contributed by atoms with E-state index in [2.05, 4.69) is 20.7 Å². The molecule has 0 radical (unpaired) electrons. The monoisotopic (exact) mass is 365 g/mol. The lowest BCUT2D eigenvalue weighted by atomic mass is 10.1. The maximum absolute atomic E-state index is 12.1. The summed E-state index contributed by atoms with van der Waals surface area (Å²) in [6, 6.07) is 2.03. The SMILES string of the molecule is Cc1c(Br)cc(S(=O)(=O)NC(C)CCO)cc1C(=O)O. The molecule has 20 heavy (non-hydrogen) atoms. The van der Waals surface area contributed by atoms with Crippen LogP contribution >= 0.6 is 15.9 Å². The van der Waals surface area contributed by atoms with Gasteiger partial charge in [0, 0.05) is 17.1 Å². The Morgan fingerprint density at radius 1 is 1.45 bits per heavy atom. The van der Waals surface area contributed by atoms with Crippen LogP contribution in [0.3, 0.4) is 0 Å². The van der Waals surface area contributed by atoms with Crippen LogP contribution in [0.1, 0.15) is 29.3 Å². The van der Waals surface area contributed by atoms with Crippen molar-refractivity contribution in [2.24, 2.45) is 0 Å². The van der Waals surface area contributed by atoms with E-state index in [-0.39, 0.29) is 23.5 Å². The molecule has 1 aromatic carbocycles. The van der Waals surface area contributed by atoms with Gasteiger partial charge in [0.15, 0.2) is 0 Å². The standard InChI is InChI=1S/C12H16BrNO5S/c1-7(3-4-15)14-20(18,19)9-5-10(12(16)17)8(2)11(13)6-9/h5-7,14-15H,3-4H2,1-2H3,(H,16,17). The number of carboxylic acids is 1. The molecular weight excluding hydrogens is 350 g/mol. The van der Waals surface area contributed by atoms with E-state index in [9.17, 15) is 13.2 Å². The van der Waals surface area contributed by atoms with E-state index in [0.717, 1.165) is 6.07 Å². The average Bonchev–Trinajstić information content (AvgIpc) is 2.31. The molecule has 0 fully saturated rings. The molecule has 0 saturated carbocycles. The molecule has 0 bridgehead atoms. The fraction of sp³-hybridized carbons (Fsp3) is 0.417. The van der Waals surface area contributed by atoms with E-state index in [4.69, 9.17) is 10.2 Å². The van der Waals surface area contributed by atoms with Crippen LogP contribution in [0.5, 0.6) is 0 Å². The predicted molar refractivity (Wildman–Crippen MR) is 77.3 cm³/mol. The van der Waals surface area contributed by atoms with Crippen LogP contribution in [0.4, 0.5) is 0 Å². The Bertz CT molecular complexity index is 615. The summed E-state index contributed by atoms with van der Waals surface area (Å²) >= 11 is 3.16. The molecule has 8 heteroatoms. The van der Waals surface area contributed by atoms with Gasteiger partial charge in [-0.25, -0.2) is 17.9 Å². The fourth-order valence-corrected chi connectivity index (χ4v) is 3.56. The Morgan fingerprint density at radius 3 is 2.55 bits per heavy atom. The largest absolute Gasteiger partial charge is 0.478 e. The lowest BCUT2D eigenvalue weighted by Gasteiger charge is -2.14. The number of aliphatic hydroxyl groups is 1. The molecule has 0 saturated heterocycles. The van der Waals surface area contributed by atoms with Crippen LogP contribution in [0.25, 0.3) is 0 Å². The molecule has 0 amide bonds. The number of halogens is 1. The van der Waals surface area contributed by atoms with Crippen molar-refractivity contribution in [3.63, 3.8) is 0 Å². The zero-order chi connectivity index (χ0) is 15.5. The first-order valence-corrected chi connectivity index (χ1v) is 8.13. The Balaban J connectivity index is 3.22. The molecule has 6 nitrogen and oxygen atoms in total. The molecule has 0 aromatic heterocycles. The second-order valence-electron chi connectivity index (χ2n) is 4.42. The first kappa shape index (κ1) is 17.1. The highest BCUT2D eigenvalue weighted by Crippen LogP contribution is 2.25. The van der Waals surface area contributed by atoms with Gasteiger partial charge in [0.2, 0.25) is 10.0 Å². The van der Waals surface area contributed by atoms with Crippen molar-refractivity contribution in [2.75, 3.05) is 6.61 Å². The quantitative estimate of drug-likeness (QED) is 0.708. The molecule has 0 spiro atoms. The van der Waals surface area contributed by atoms with Gasteiger partial charge in [-0.15, -0.1) is 0 Å². The maximum atomic E-state index is 12.1. The molecule has 0 aliphatic carbocycles. The normalized spacial score (nSPS) is 13.2.